The number of hydrogen-bond donors (Lipinski definition) is 2. The van der Waals surface area contributed by atoms with E-state index in [1.807, 2.05) is 56.4 Å². The number of fused-ring (bicyclic) bond motifs is 1. The van der Waals surface area contributed by atoms with Crippen molar-refractivity contribution in [3.8, 4) is 11.5 Å². The van der Waals surface area contributed by atoms with Crippen molar-refractivity contribution in [2.75, 3.05) is 14.2 Å². The summed E-state index contributed by atoms with van der Waals surface area (Å²) >= 11 is 0. The van der Waals surface area contributed by atoms with Crippen LogP contribution in [0.5, 0.6) is 11.5 Å². The molecular formula is C29H38N4O4. The largest absolute Gasteiger partial charge is 0.493 e. The second-order valence-electron chi connectivity index (χ2n) is 8.58. The zero-order chi connectivity index (χ0) is 27.4. The Morgan fingerprint density at radius 1 is 1.22 bits per heavy atom. The Morgan fingerprint density at radius 2 is 1.92 bits per heavy atom. The van der Waals surface area contributed by atoms with E-state index in [0.717, 1.165) is 23.4 Å². The fourth-order valence-electron chi connectivity index (χ4n) is 3.63. The first kappa shape index (κ1) is 29.3. The van der Waals surface area contributed by atoms with Gasteiger partial charge in [-0.25, -0.2) is 9.50 Å². The SMILES string of the molecule is C=C/C=C(\C=C/C)/C=C/CCc1nc(C)c2c(=O)[nH]c(Cc3ccc(OC)c(OC)c3)nn12.CC(C)O. The van der Waals surface area contributed by atoms with Crippen LogP contribution in [-0.2, 0) is 12.8 Å². The topological polar surface area (TPSA) is 102 Å². The Kier molecular flexibility index (Phi) is 11.6. The number of aromatic nitrogens is 4. The highest BCUT2D eigenvalue weighted by Crippen LogP contribution is 2.28. The second kappa shape index (κ2) is 14.6. The number of aliphatic hydroxyl groups is 1. The summed E-state index contributed by atoms with van der Waals surface area (Å²) in [5.41, 5.74) is 2.97. The molecule has 3 rings (SSSR count). The van der Waals surface area contributed by atoms with Gasteiger partial charge in [-0.2, -0.15) is 5.10 Å². The van der Waals surface area contributed by atoms with Crippen LogP contribution in [0.4, 0.5) is 0 Å². The Bertz CT molecular complexity index is 1330. The molecule has 0 spiro atoms. The first-order valence-corrected chi connectivity index (χ1v) is 12.2. The lowest BCUT2D eigenvalue weighted by atomic mass is 10.1. The highest BCUT2D eigenvalue weighted by Gasteiger charge is 2.14. The number of ether oxygens (including phenoxy) is 2. The quantitative estimate of drug-likeness (QED) is 0.379. The number of nitrogens with zero attached hydrogens (tertiary/aromatic N) is 3. The number of aryl methyl sites for hydroxylation is 2. The zero-order valence-corrected chi connectivity index (χ0v) is 22.6. The van der Waals surface area contributed by atoms with Crippen molar-refractivity contribution in [3.63, 3.8) is 0 Å². The molecule has 0 unspecified atom stereocenters. The summed E-state index contributed by atoms with van der Waals surface area (Å²) in [5, 5.41) is 12.7. The van der Waals surface area contributed by atoms with Gasteiger partial charge < -0.3 is 19.6 Å². The minimum atomic E-state index is -0.198. The van der Waals surface area contributed by atoms with Crippen molar-refractivity contribution in [1.82, 2.24) is 19.6 Å². The zero-order valence-electron chi connectivity index (χ0n) is 22.6. The predicted octanol–water partition coefficient (Wildman–Crippen LogP) is 4.90. The van der Waals surface area contributed by atoms with Crippen molar-refractivity contribution in [2.24, 2.45) is 0 Å². The minimum Gasteiger partial charge on any atom is -0.493 e. The molecule has 1 aromatic carbocycles. The summed E-state index contributed by atoms with van der Waals surface area (Å²) < 4.78 is 12.3. The van der Waals surface area contributed by atoms with Crippen LogP contribution < -0.4 is 15.0 Å². The molecule has 0 saturated heterocycles. The van der Waals surface area contributed by atoms with E-state index in [2.05, 4.69) is 27.7 Å². The Hall–Kier alpha value is -3.91. The van der Waals surface area contributed by atoms with Gasteiger partial charge in [0.05, 0.1) is 19.9 Å². The normalized spacial score (nSPS) is 11.8. The van der Waals surface area contributed by atoms with Crippen molar-refractivity contribution >= 4 is 5.52 Å². The molecule has 0 radical (unpaired) electrons. The van der Waals surface area contributed by atoms with Crippen LogP contribution in [0.15, 0.2) is 71.6 Å². The number of nitrogens with one attached hydrogen (secondary N) is 1. The van der Waals surface area contributed by atoms with Gasteiger partial charge in [0, 0.05) is 18.9 Å². The van der Waals surface area contributed by atoms with Gasteiger partial charge >= 0.3 is 0 Å². The molecule has 3 aromatic rings. The van der Waals surface area contributed by atoms with Crippen LogP contribution in [0, 0.1) is 6.92 Å². The fraction of sp³-hybridized carbons (Fsp3) is 0.345. The summed E-state index contributed by atoms with van der Waals surface area (Å²) in [4.78, 5) is 20.3. The molecule has 8 nitrogen and oxygen atoms in total. The number of rotatable bonds is 10. The Morgan fingerprint density at radius 3 is 2.54 bits per heavy atom. The molecule has 198 valence electrons. The molecule has 0 bridgehead atoms. The third kappa shape index (κ3) is 8.61. The number of hydrogen-bond acceptors (Lipinski definition) is 6. The smallest absolute Gasteiger partial charge is 0.277 e. The van der Waals surface area contributed by atoms with Crippen LogP contribution in [0.2, 0.25) is 0 Å². The average molecular weight is 507 g/mol. The van der Waals surface area contributed by atoms with E-state index >= 15 is 0 Å². The lowest BCUT2D eigenvalue weighted by molar-refractivity contribution is 0.216. The number of allylic oxidation sites excluding steroid dienone is 7. The van der Waals surface area contributed by atoms with E-state index in [1.54, 1.807) is 38.7 Å². The van der Waals surface area contributed by atoms with Crippen LogP contribution in [0.1, 0.15) is 50.1 Å². The molecule has 0 saturated carbocycles. The maximum Gasteiger partial charge on any atom is 0.277 e. The lowest BCUT2D eigenvalue weighted by Crippen LogP contribution is -2.17. The first-order valence-electron chi connectivity index (χ1n) is 12.2. The minimum absolute atomic E-state index is 0.167. The third-order valence-corrected chi connectivity index (χ3v) is 5.12. The average Bonchev–Trinajstić information content (AvgIpc) is 3.17. The number of aliphatic hydroxyl groups excluding tert-OH is 1. The molecule has 0 aliphatic heterocycles. The van der Waals surface area contributed by atoms with Crippen LogP contribution in [0.25, 0.3) is 5.52 Å². The van der Waals surface area contributed by atoms with E-state index in [9.17, 15) is 4.79 Å². The Balaban J connectivity index is 0.00000112. The fourth-order valence-corrected chi connectivity index (χ4v) is 3.63. The molecule has 0 amide bonds. The van der Waals surface area contributed by atoms with Gasteiger partial charge in [-0.05, 0) is 57.4 Å². The molecule has 2 aromatic heterocycles. The predicted molar refractivity (Wildman–Crippen MR) is 149 cm³/mol. The van der Waals surface area contributed by atoms with E-state index in [-0.39, 0.29) is 11.7 Å². The first-order chi connectivity index (χ1) is 17.7. The van der Waals surface area contributed by atoms with Gasteiger partial charge in [0.2, 0.25) is 0 Å². The molecule has 2 N–H and O–H groups in total. The summed E-state index contributed by atoms with van der Waals surface area (Å²) in [6, 6.07) is 5.65. The Labute approximate surface area is 218 Å². The summed E-state index contributed by atoms with van der Waals surface area (Å²) in [5.74, 6) is 2.59. The summed E-state index contributed by atoms with van der Waals surface area (Å²) in [6.07, 6.45) is 13.6. The van der Waals surface area contributed by atoms with Crippen molar-refractivity contribution < 1.29 is 14.6 Å². The number of H-pyrrole nitrogens is 1. The lowest BCUT2D eigenvalue weighted by Gasteiger charge is -2.09. The molecule has 8 heteroatoms. The van der Waals surface area contributed by atoms with Gasteiger partial charge in [-0.1, -0.05) is 49.1 Å². The van der Waals surface area contributed by atoms with Crippen molar-refractivity contribution in [1.29, 1.82) is 0 Å². The van der Waals surface area contributed by atoms with E-state index < -0.39 is 0 Å². The maximum absolute atomic E-state index is 12.8. The molecule has 0 fully saturated rings. The molecule has 0 aliphatic rings. The number of aromatic amines is 1. The van der Waals surface area contributed by atoms with E-state index in [4.69, 9.17) is 14.6 Å². The second-order valence-corrected chi connectivity index (χ2v) is 8.58. The monoisotopic (exact) mass is 506 g/mol. The van der Waals surface area contributed by atoms with Crippen molar-refractivity contribution in [3.05, 3.63) is 100 Å². The van der Waals surface area contributed by atoms with Gasteiger partial charge in [0.1, 0.15) is 11.6 Å². The van der Waals surface area contributed by atoms with E-state index in [0.29, 0.717) is 41.4 Å². The number of methoxy groups -OCH3 is 2. The van der Waals surface area contributed by atoms with Gasteiger partial charge in [0.25, 0.3) is 5.56 Å². The van der Waals surface area contributed by atoms with Gasteiger partial charge in [-0.15, -0.1) is 0 Å². The molecular weight excluding hydrogens is 468 g/mol. The standard InChI is InChI=1S/C26H30N4O3.C3H8O/c1-6-10-19(11-7-2)12-8-9-13-24-27-18(3)25-26(31)28-23(29-30(24)25)17-20-14-15-21(32-4)22(16-20)33-5;1-3(2)4/h6-8,10-12,14-16H,1,9,13,17H2,2-5H3,(H,28,29,31);3-4H,1-2H3/b11-7-,12-8+,19-10+;. The van der Waals surface area contributed by atoms with Crippen LogP contribution in [0.3, 0.4) is 0 Å². The molecule has 2 heterocycles. The number of imidazole rings is 1. The van der Waals surface area contributed by atoms with Gasteiger partial charge in [-0.3, -0.25) is 4.79 Å². The highest BCUT2D eigenvalue weighted by molar-refractivity contribution is 5.50. The van der Waals surface area contributed by atoms with E-state index in [1.165, 1.54) is 0 Å². The number of benzene rings is 1. The van der Waals surface area contributed by atoms with Crippen LogP contribution >= 0.6 is 0 Å². The molecule has 37 heavy (non-hydrogen) atoms. The summed E-state index contributed by atoms with van der Waals surface area (Å²) in [7, 11) is 3.19. The molecule has 0 aliphatic carbocycles. The van der Waals surface area contributed by atoms with Gasteiger partial charge in [0.15, 0.2) is 17.0 Å². The summed E-state index contributed by atoms with van der Waals surface area (Å²) in [6.45, 7) is 11.0. The third-order valence-electron chi connectivity index (χ3n) is 5.12. The van der Waals surface area contributed by atoms with Crippen LogP contribution in [-0.4, -0.2) is 45.0 Å². The maximum atomic E-state index is 12.8. The molecule has 0 atom stereocenters. The van der Waals surface area contributed by atoms with Crippen molar-refractivity contribution in [2.45, 2.75) is 53.1 Å². The highest BCUT2D eigenvalue weighted by atomic mass is 16.5.